The molecule has 4 rings (SSSR count). The summed E-state index contributed by atoms with van der Waals surface area (Å²) in [5, 5.41) is 1.13. The Hall–Kier alpha value is -0.350. The van der Waals surface area contributed by atoms with E-state index in [0.717, 1.165) is 55.3 Å². The second-order valence-corrected chi connectivity index (χ2v) is 9.07. The van der Waals surface area contributed by atoms with Crippen LogP contribution in [-0.2, 0) is 9.53 Å². The van der Waals surface area contributed by atoms with E-state index in [2.05, 4.69) is 11.9 Å². The van der Waals surface area contributed by atoms with E-state index >= 15 is 0 Å². The van der Waals surface area contributed by atoms with Crippen LogP contribution in [0.5, 0.6) is 0 Å². The molecule has 2 bridgehead atoms. The number of thioether (sulfide) groups is 1. The minimum Gasteiger partial charge on any atom is -0.381 e. The van der Waals surface area contributed by atoms with Crippen molar-refractivity contribution in [3.8, 4) is 0 Å². The van der Waals surface area contributed by atoms with Gasteiger partial charge in [0.2, 0.25) is 0 Å². The van der Waals surface area contributed by atoms with Gasteiger partial charge in [0.15, 0.2) is 0 Å². The summed E-state index contributed by atoms with van der Waals surface area (Å²) in [7, 11) is 0. The van der Waals surface area contributed by atoms with Crippen molar-refractivity contribution in [3.63, 3.8) is 0 Å². The fourth-order valence-electron chi connectivity index (χ4n) is 4.98. The van der Waals surface area contributed by atoms with E-state index in [1.807, 2.05) is 0 Å². The molecule has 116 valence electrons. The Balaban J connectivity index is 1.42. The van der Waals surface area contributed by atoms with Crippen LogP contribution in [0.4, 0.5) is 0 Å². The number of nitrogens with zero attached hydrogens (tertiary/aromatic N) is 1. The van der Waals surface area contributed by atoms with Crippen LogP contribution in [0.25, 0.3) is 0 Å². The highest BCUT2D eigenvalue weighted by molar-refractivity contribution is 8.16. The van der Waals surface area contributed by atoms with Gasteiger partial charge in [-0.3, -0.25) is 4.79 Å². The highest BCUT2D eigenvalue weighted by Crippen LogP contribution is 2.52. The van der Waals surface area contributed by atoms with E-state index in [1.165, 1.54) is 25.7 Å². The fourth-order valence-corrected chi connectivity index (χ4v) is 6.43. The molecule has 0 N–H and O–H groups in total. The van der Waals surface area contributed by atoms with E-state index in [-0.39, 0.29) is 10.7 Å². The van der Waals surface area contributed by atoms with Gasteiger partial charge in [0.05, 0.1) is 5.04 Å². The Labute approximate surface area is 131 Å². The van der Waals surface area contributed by atoms with Crippen molar-refractivity contribution >= 4 is 22.7 Å². The third-order valence-electron chi connectivity index (χ3n) is 6.30. The lowest BCUT2D eigenvalue weighted by Crippen LogP contribution is -2.39. The van der Waals surface area contributed by atoms with Crippen LogP contribution in [0.3, 0.4) is 0 Å². The summed E-state index contributed by atoms with van der Waals surface area (Å²) in [6.45, 7) is 3.72. The highest BCUT2D eigenvalue weighted by atomic mass is 32.2. The maximum absolute atomic E-state index is 12.5. The molecular weight excluding hydrogens is 282 g/mol. The zero-order chi connectivity index (χ0) is 14.4. The van der Waals surface area contributed by atoms with Gasteiger partial charge in [0.1, 0.15) is 4.75 Å². The molecule has 3 nitrogen and oxygen atoms in total. The lowest BCUT2D eigenvalue weighted by atomic mass is 9.86. The lowest BCUT2D eigenvalue weighted by molar-refractivity contribution is -0.121. The predicted molar refractivity (Wildman–Crippen MR) is 85.5 cm³/mol. The van der Waals surface area contributed by atoms with Crippen LogP contribution in [0.15, 0.2) is 4.99 Å². The number of hydrogen-bond acceptors (Lipinski definition) is 3. The molecule has 21 heavy (non-hydrogen) atoms. The minimum absolute atomic E-state index is 0.123. The van der Waals surface area contributed by atoms with Crippen molar-refractivity contribution in [2.45, 2.75) is 56.6 Å². The van der Waals surface area contributed by atoms with Gasteiger partial charge in [-0.05, 0) is 69.1 Å². The normalized spacial score (nSPS) is 43.6. The highest BCUT2D eigenvalue weighted by Gasteiger charge is 2.48. The van der Waals surface area contributed by atoms with Crippen LogP contribution < -0.4 is 0 Å². The molecule has 2 heterocycles. The average Bonchev–Trinajstić information content (AvgIpc) is 3.16. The molecule has 1 unspecified atom stereocenters. The van der Waals surface area contributed by atoms with Gasteiger partial charge in [-0.25, -0.2) is 4.99 Å². The maximum Gasteiger partial charge on any atom is 0.263 e. The molecule has 0 aromatic rings. The van der Waals surface area contributed by atoms with Gasteiger partial charge >= 0.3 is 0 Å². The molecular formula is C17H25NO2S. The number of fused-ring (bicyclic) bond motifs is 2. The smallest absolute Gasteiger partial charge is 0.263 e. The van der Waals surface area contributed by atoms with E-state index in [0.29, 0.717) is 5.92 Å². The Kier molecular flexibility index (Phi) is 3.65. The quantitative estimate of drug-likeness (QED) is 0.798. The van der Waals surface area contributed by atoms with Gasteiger partial charge in [-0.1, -0.05) is 18.2 Å². The van der Waals surface area contributed by atoms with Crippen LogP contribution in [-0.4, -0.2) is 28.9 Å². The zero-order valence-electron chi connectivity index (χ0n) is 12.8. The summed E-state index contributed by atoms with van der Waals surface area (Å²) < 4.78 is 5.14. The average molecular weight is 307 g/mol. The summed E-state index contributed by atoms with van der Waals surface area (Å²) in [5.74, 6) is 3.26. The molecule has 0 radical (unpaired) electrons. The Morgan fingerprint density at radius 2 is 2.05 bits per heavy atom. The zero-order valence-corrected chi connectivity index (χ0v) is 13.7. The van der Waals surface area contributed by atoms with Gasteiger partial charge in [-0.2, -0.15) is 0 Å². The number of carbonyl (C=O) groups excluding carboxylic acids is 1. The van der Waals surface area contributed by atoms with Crippen LogP contribution in [0, 0.1) is 23.7 Å². The topological polar surface area (TPSA) is 38.7 Å². The molecule has 4 heteroatoms. The Bertz CT molecular complexity index is 471. The predicted octanol–water partition coefficient (Wildman–Crippen LogP) is 3.67. The first-order valence-corrected chi connectivity index (χ1v) is 9.35. The fraction of sp³-hybridized carbons (Fsp3) is 0.882. The first-order chi connectivity index (χ1) is 10.1. The maximum atomic E-state index is 12.5. The van der Waals surface area contributed by atoms with Crippen LogP contribution in [0.1, 0.15) is 51.9 Å². The molecule has 4 aliphatic rings. The van der Waals surface area contributed by atoms with E-state index in [4.69, 9.17) is 4.74 Å². The summed E-state index contributed by atoms with van der Waals surface area (Å²) in [4.78, 5) is 17.0. The van der Waals surface area contributed by atoms with E-state index in [9.17, 15) is 4.79 Å². The van der Waals surface area contributed by atoms with Gasteiger partial charge in [0.25, 0.3) is 5.91 Å². The third kappa shape index (κ3) is 2.48. The second-order valence-electron chi connectivity index (χ2n) is 7.55. The van der Waals surface area contributed by atoms with Crippen molar-refractivity contribution in [2.24, 2.45) is 28.7 Å². The number of amides is 1. The number of rotatable bonds is 3. The largest absolute Gasteiger partial charge is 0.381 e. The summed E-state index contributed by atoms with van der Waals surface area (Å²) in [6.07, 6.45) is 8.76. The first-order valence-electron chi connectivity index (χ1n) is 8.54. The molecule has 2 saturated carbocycles. The van der Waals surface area contributed by atoms with Crippen molar-refractivity contribution in [1.29, 1.82) is 0 Å². The van der Waals surface area contributed by atoms with Gasteiger partial charge in [-0.15, -0.1) is 0 Å². The summed E-state index contributed by atoms with van der Waals surface area (Å²) in [5.41, 5.74) is 0. The van der Waals surface area contributed by atoms with Crippen molar-refractivity contribution in [1.82, 2.24) is 0 Å². The van der Waals surface area contributed by atoms with Gasteiger partial charge < -0.3 is 4.74 Å². The molecule has 1 saturated heterocycles. The minimum atomic E-state index is -0.309. The Morgan fingerprint density at radius 1 is 1.24 bits per heavy atom. The number of ether oxygens (including phenoxy) is 1. The second kappa shape index (κ2) is 5.38. The van der Waals surface area contributed by atoms with Crippen LogP contribution in [0.2, 0.25) is 0 Å². The van der Waals surface area contributed by atoms with Gasteiger partial charge in [0, 0.05) is 13.2 Å². The molecule has 1 amide bonds. The molecule has 0 spiro atoms. The standard InChI is InChI=1S/C17H25NO2S/c1-17(14-4-6-20-7-5-14)16(19)18-15(21-17)10-13-9-11-2-3-12(13)8-11/h11-14H,2-10H2,1H3/t11-,12+,13-,17?/m1/s1. The number of hydrogen-bond donors (Lipinski definition) is 0. The summed E-state index contributed by atoms with van der Waals surface area (Å²) >= 11 is 1.79. The van der Waals surface area contributed by atoms with Crippen molar-refractivity contribution in [3.05, 3.63) is 0 Å². The van der Waals surface area contributed by atoms with E-state index < -0.39 is 0 Å². The molecule has 0 aromatic carbocycles. The summed E-state index contributed by atoms with van der Waals surface area (Å²) in [6, 6.07) is 0. The number of aliphatic imine (C=N–C) groups is 1. The Morgan fingerprint density at radius 3 is 2.71 bits per heavy atom. The van der Waals surface area contributed by atoms with Crippen molar-refractivity contribution in [2.75, 3.05) is 13.2 Å². The molecule has 3 fully saturated rings. The SMILES string of the molecule is CC1(C2CCOCC2)SC(C[C@H]2C[C@@H]3CC[C@H]2C3)=NC1=O. The van der Waals surface area contributed by atoms with E-state index in [1.54, 1.807) is 11.8 Å². The molecule has 2 aliphatic heterocycles. The molecule has 4 atom stereocenters. The molecule has 2 aliphatic carbocycles. The first kappa shape index (κ1) is 14.3. The monoisotopic (exact) mass is 307 g/mol. The van der Waals surface area contributed by atoms with Crippen molar-refractivity contribution < 1.29 is 9.53 Å². The third-order valence-corrected chi connectivity index (χ3v) is 7.73. The van der Waals surface area contributed by atoms with Crippen LogP contribution >= 0.6 is 11.8 Å². The molecule has 0 aromatic heterocycles. The number of carbonyl (C=O) groups is 1. The lowest BCUT2D eigenvalue weighted by Gasteiger charge is -2.33.